The fourth-order valence-corrected chi connectivity index (χ4v) is 0.546. The normalized spacial score (nSPS) is 8.62. The third kappa shape index (κ3) is 14.8. The maximum absolute atomic E-state index is 10.7. The molecule has 0 aliphatic heterocycles. The number of amides is 1. The second-order valence-electron chi connectivity index (χ2n) is 2.58. The van der Waals surface area contributed by atoms with Crippen LogP contribution in [0.25, 0.3) is 0 Å². The van der Waals surface area contributed by atoms with Crippen molar-refractivity contribution in [2.24, 2.45) is 5.73 Å². The van der Waals surface area contributed by atoms with E-state index in [9.17, 15) is 4.79 Å². The summed E-state index contributed by atoms with van der Waals surface area (Å²) in [5, 5.41) is 25.6. The zero-order chi connectivity index (χ0) is 13.0. The van der Waals surface area contributed by atoms with Crippen LogP contribution in [0.4, 0.5) is 0 Å². The number of aliphatic carboxylic acids is 2. The van der Waals surface area contributed by atoms with Crippen LogP contribution in [0, 0.1) is 0 Å². The van der Waals surface area contributed by atoms with Gasteiger partial charge in [0.05, 0.1) is 6.61 Å². The highest BCUT2D eigenvalue weighted by Crippen LogP contribution is 1.83. The van der Waals surface area contributed by atoms with Crippen molar-refractivity contribution in [3.05, 3.63) is 0 Å². The Morgan fingerprint density at radius 3 is 1.94 bits per heavy atom. The Morgan fingerprint density at radius 2 is 1.62 bits per heavy atom. The minimum Gasteiger partial charge on any atom is -0.473 e. The highest BCUT2D eigenvalue weighted by atomic mass is 16.4. The van der Waals surface area contributed by atoms with E-state index in [0.717, 1.165) is 0 Å². The molecule has 0 unspecified atom stereocenters. The smallest absolute Gasteiger partial charge is 0.414 e. The van der Waals surface area contributed by atoms with Crippen LogP contribution in [0.5, 0.6) is 0 Å². The molecule has 94 valence electrons. The van der Waals surface area contributed by atoms with Gasteiger partial charge in [0.2, 0.25) is 5.91 Å². The Labute approximate surface area is 92.1 Å². The molecular weight excluding hydrogens is 220 g/mol. The Morgan fingerprint density at radius 1 is 1.12 bits per heavy atom. The number of rotatable bonds is 5. The Bertz CT molecular complexity index is 209. The van der Waals surface area contributed by atoms with Gasteiger partial charge in [0, 0.05) is 13.0 Å². The van der Waals surface area contributed by atoms with Crippen LogP contribution in [0.1, 0.15) is 12.8 Å². The van der Waals surface area contributed by atoms with Gasteiger partial charge in [-0.2, -0.15) is 0 Å². The number of carbonyl (C=O) groups is 3. The topological polar surface area (TPSA) is 150 Å². The van der Waals surface area contributed by atoms with Crippen LogP contribution in [-0.4, -0.2) is 52.9 Å². The number of carbonyl (C=O) groups excluding carboxylic acids is 1. The molecule has 16 heavy (non-hydrogen) atoms. The molecule has 0 aliphatic rings. The van der Waals surface area contributed by atoms with Gasteiger partial charge in [-0.05, 0) is 13.0 Å². The van der Waals surface area contributed by atoms with Crippen LogP contribution in [0.2, 0.25) is 0 Å². The standard InChI is InChI=1S/C6H14N2O2.C2H2O4/c7-3-1-2-6(10)8-4-5-9;3-1(4)2(5)6/h9H,1-5,7H2,(H,8,10);(H,3,4)(H,5,6). The zero-order valence-corrected chi connectivity index (χ0v) is 8.68. The molecule has 0 spiro atoms. The van der Waals surface area contributed by atoms with Gasteiger partial charge in [-0.25, -0.2) is 9.59 Å². The molecule has 6 N–H and O–H groups in total. The van der Waals surface area contributed by atoms with Gasteiger partial charge in [0.15, 0.2) is 0 Å². The first-order valence-electron chi connectivity index (χ1n) is 4.49. The molecule has 8 nitrogen and oxygen atoms in total. The lowest BCUT2D eigenvalue weighted by molar-refractivity contribution is -0.159. The molecule has 0 saturated carbocycles. The second-order valence-corrected chi connectivity index (χ2v) is 2.58. The summed E-state index contributed by atoms with van der Waals surface area (Å²) in [6.07, 6.45) is 1.16. The van der Waals surface area contributed by atoms with E-state index in [1.807, 2.05) is 0 Å². The number of nitrogens with two attached hydrogens (primary N) is 1. The minimum absolute atomic E-state index is 0.00559. The molecule has 0 aliphatic carbocycles. The second kappa shape index (κ2) is 11.4. The molecule has 0 fully saturated rings. The maximum Gasteiger partial charge on any atom is 0.414 e. The van der Waals surface area contributed by atoms with Crippen LogP contribution < -0.4 is 11.1 Å². The quantitative estimate of drug-likeness (QED) is 0.346. The Kier molecular flexibility index (Phi) is 11.9. The van der Waals surface area contributed by atoms with Crippen molar-refractivity contribution < 1.29 is 29.7 Å². The molecule has 0 radical (unpaired) electrons. The number of hydrogen-bond acceptors (Lipinski definition) is 5. The van der Waals surface area contributed by atoms with E-state index < -0.39 is 11.9 Å². The first kappa shape index (κ1) is 16.7. The third-order valence-corrected chi connectivity index (χ3v) is 1.22. The summed E-state index contributed by atoms with van der Waals surface area (Å²) >= 11 is 0. The number of hydrogen-bond donors (Lipinski definition) is 5. The van der Waals surface area contributed by atoms with Crippen molar-refractivity contribution in [2.75, 3.05) is 19.7 Å². The molecular formula is C8H16N2O6. The number of carboxylic acid groups (broad SMARTS) is 2. The lowest BCUT2D eigenvalue weighted by atomic mass is 10.3. The average Bonchev–Trinajstić information content (AvgIpc) is 2.24. The third-order valence-electron chi connectivity index (χ3n) is 1.22. The number of aliphatic hydroxyl groups is 1. The van der Waals surface area contributed by atoms with E-state index in [2.05, 4.69) is 5.32 Å². The molecule has 0 atom stereocenters. The molecule has 0 aromatic heterocycles. The summed E-state index contributed by atoms with van der Waals surface area (Å²) in [6.45, 7) is 0.865. The van der Waals surface area contributed by atoms with Gasteiger partial charge in [-0.3, -0.25) is 4.79 Å². The van der Waals surface area contributed by atoms with Crippen molar-refractivity contribution >= 4 is 17.8 Å². The zero-order valence-electron chi connectivity index (χ0n) is 8.68. The maximum atomic E-state index is 10.7. The van der Waals surface area contributed by atoms with Gasteiger partial charge in [0.1, 0.15) is 0 Å². The van der Waals surface area contributed by atoms with E-state index >= 15 is 0 Å². The molecule has 1 amide bonds. The Balaban J connectivity index is 0. The van der Waals surface area contributed by atoms with Crippen molar-refractivity contribution in [3.63, 3.8) is 0 Å². The van der Waals surface area contributed by atoms with Gasteiger partial charge in [-0.1, -0.05) is 0 Å². The highest BCUT2D eigenvalue weighted by Gasteiger charge is 2.04. The van der Waals surface area contributed by atoms with Crippen molar-refractivity contribution in [3.8, 4) is 0 Å². The summed E-state index contributed by atoms with van der Waals surface area (Å²) in [5.74, 6) is -3.69. The van der Waals surface area contributed by atoms with Crippen LogP contribution in [-0.2, 0) is 14.4 Å². The van der Waals surface area contributed by atoms with E-state index in [4.69, 9.17) is 30.6 Å². The molecule has 0 rings (SSSR count). The fourth-order valence-electron chi connectivity index (χ4n) is 0.546. The monoisotopic (exact) mass is 236 g/mol. The van der Waals surface area contributed by atoms with Crippen molar-refractivity contribution in [1.29, 1.82) is 0 Å². The van der Waals surface area contributed by atoms with Gasteiger partial charge in [0.25, 0.3) is 0 Å². The van der Waals surface area contributed by atoms with Crippen molar-refractivity contribution in [2.45, 2.75) is 12.8 Å². The number of aliphatic hydroxyl groups excluding tert-OH is 1. The predicted octanol–water partition coefficient (Wildman–Crippen LogP) is -2.01. The van der Waals surface area contributed by atoms with Crippen LogP contribution in [0.15, 0.2) is 0 Å². The highest BCUT2D eigenvalue weighted by molar-refractivity contribution is 6.27. The minimum atomic E-state index is -1.82. The van der Waals surface area contributed by atoms with Gasteiger partial charge >= 0.3 is 11.9 Å². The van der Waals surface area contributed by atoms with E-state index in [1.165, 1.54) is 0 Å². The molecule has 8 heteroatoms. The van der Waals surface area contributed by atoms with E-state index in [-0.39, 0.29) is 12.5 Å². The van der Waals surface area contributed by atoms with E-state index in [0.29, 0.717) is 25.9 Å². The lowest BCUT2D eigenvalue weighted by Gasteiger charge is -2.00. The summed E-state index contributed by atoms with van der Waals surface area (Å²) in [6, 6.07) is 0. The summed E-state index contributed by atoms with van der Waals surface area (Å²) in [4.78, 5) is 28.9. The SMILES string of the molecule is NCCCC(=O)NCCO.O=C(O)C(=O)O. The van der Waals surface area contributed by atoms with Crippen LogP contribution >= 0.6 is 0 Å². The fraction of sp³-hybridized carbons (Fsp3) is 0.625. The first-order chi connectivity index (χ1) is 7.45. The molecule has 0 bridgehead atoms. The Hall–Kier alpha value is -1.67. The van der Waals surface area contributed by atoms with Crippen LogP contribution in [0.3, 0.4) is 0 Å². The van der Waals surface area contributed by atoms with Gasteiger partial charge < -0.3 is 26.4 Å². The van der Waals surface area contributed by atoms with Crippen molar-refractivity contribution in [1.82, 2.24) is 5.32 Å². The number of nitrogens with one attached hydrogen (secondary N) is 1. The lowest BCUT2D eigenvalue weighted by Crippen LogP contribution is -2.26. The molecule has 0 aromatic carbocycles. The first-order valence-corrected chi connectivity index (χ1v) is 4.49. The van der Waals surface area contributed by atoms with Gasteiger partial charge in [-0.15, -0.1) is 0 Å². The molecule has 0 heterocycles. The van der Waals surface area contributed by atoms with E-state index in [1.54, 1.807) is 0 Å². The average molecular weight is 236 g/mol. The largest absolute Gasteiger partial charge is 0.473 e. The predicted molar refractivity (Wildman–Crippen MR) is 53.7 cm³/mol. The summed E-state index contributed by atoms with van der Waals surface area (Å²) < 4.78 is 0. The summed E-state index contributed by atoms with van der Waals surface area (Å²) in [7, 11) is 0. The molecule has 0 aromatic rings. The molecule has 0 saturated heterocycles. The summed E-state index contributed by atoms with van der Waals surface area (Å²) in [5.41, 5.74) is 5.18. The number of carboxylic acids is 2.